The minimum atomic E-state index is 0.184. The van der Waals surface area contributed by atoms with Gasteiger partial charge in [0.15, 0.2) is 0 Å². The number of hydrogen-bond acceptors (Lipinski definition) is 2. The highest BCUT2D eigenvalue weighted by atomic mass is 79.9. The first-order chi connectivity index (χ1) is 9.52. The fourth-order valence-electron chi connectivity index (χ4n) is 2.16. The number of thiophene rings is 1. The molecule has 1 unspecified atom stereocenters. The third-order valence-corrected chi connectivity index (χ3v) is 5.60. The largest absolute Gasteiger partial charge is 0.306 e. The Morgan fingerprint density at radius 3 is 2.55 bits per heavy atom. The van der Waals surface area contributed by atoms with E-state index in [0.717, 1.165) is 22.5 Å². The average molecular weight is 438 g/mol. The number of aryl methyl sites for hydroxylation is 1. The highest BCUT2D eigenvalue weighted by Gasteiger charge is 2.20. The van der Waals surface area contributed by atoms with E-state index in [-0.39, 0.29) is 6.04 Å². The lowest BCUT2D eigenvalue weighted by Gasteiger charge is -2.21. The summed E-state index contributed by atoms with van der Waals surface area (Å²) in [5.74, 6) is 0. The fourth-order valence-corrected chi connectivity index (χ4v) is 4.82. The number of nitrogens with one attached hydrogen (secondary N) is 1. The molecule has 0 aliphatic rings. The molecule has 0 radical (unpaired) electrons. The van der Waals surface area contributed by atoms with E-state index in [1.807, 2.05) is 12.1 Å². The average Bonchev–Trinajstić information content (AvgIpc) is 2.71. The van der Waals surface area contributed by atoms with E-state index in [1.165, 1.54) is 19.8 Å². The summed E-state index contributed by atoms with van der Waals surface area (Å²) in [4.78, 5) is 1.33. The summed E-state index contributed by atoms with van der Waals surface area (Å²) >= 11 is 15.0. The monoisotopic (exact) mass is 435 g/mol. The highest BCUT2D eigenvalue weighted by molar-refractivity contribution is 9.11. The van der Waals surface area contributed by atoms with Crippen molar-refractivity contribution in [3.8, 4) is 0 Å². The molecule has 1 N–H and O–H groups in total. The van der Waals surface area contributed by atoms with Crippen molar-refractivity contribution < 1.29 is 0 Å². The summed E-state index contributed by atoms with van der Waals surface area (Å²) in [6, 6.07) is 8.37. The minimum Gasteiger partial charge on any atom is -0.306 e. The summed E-state index contributed by atoms with van der Waals surface area (Å²) in [6.45, 7) is 5.32. The van der Waals surface area contributed by atoms with Gasteiger partial charge in [-0.15, -0.1) is 11.3 Å². The lowest BCUT2D eigenvalue weighted by atomic mass is 9.99. The van der Waals surface area contributed by atoms with Crippen LogP contribution >= 0.6 is 54.8 Å². The molecule has 0 saturated heterocycles. The number of halogens is 3. The van der Waals surface area contributed by atoms with Crippen LogP contribution in [0.25, 0.3) is 0 Å². The Morgan fingerprint density at radius 1 is 1.25 bits per heavy atom. The minimum absolute atomic E-state index is 0.184. The van der Waals surface area contributed by atoms with Crippen molar-refractivity contribution in [2.45, 2.75) is 26.3 Å². The summed E-state index contributed by atoms with van der Waals surface area (Å²) in [7, 11) is 0. The van der Waals surface area contributed by atoms with Crippen molar-refractivity contribution in [2.75, 3.05) is 6.54 Å². The van der Waals surface area contributed by atoms with Gasteiger partial charge in [-0.2, -0.15) is 0 Å². The molecule has 1 atom stereocenters. The highest BCUT2D eigenvalue weighted by Crippen LogP contribution is 2.36. The first-order valence-corrected chi connectivity index (χ1v) is 9.25. The van der Waals surface area contributed by atoms with Gasteiger partial charge >= 0.3 is 0 Å². The molecule has 0 aliphatic heterocycles. The maximum atomic E-state index is 6.05. The summed E-state index contributed by atoms with van der Waals surface area (Å²) in [5.41, 5.74) is 2.54. The van der Waals surface area contributed by atoms with E-state index < -0.39 is 0 Å². The molecule has 0 amide bonds. The van der Waals surface area contributed by atoms with Gasteiger partial charge in [-0.3, -0.25) is 0 Å². The Morgan fingerprint density at radius 2 is 2.00 bits per heavy atom. The van der Waals surface area contributed by atoms with E-state index in [4.69, 9.17) is 11.6 Å². The molecule has 108 valence electrons. The normalized spacial score (nSPS) is 12.7. The van der Waals surface area contributed by atoms with Crippen LogP contribution in [0.1, 0.15) is 35.4 Å². The molecule has 2 rings (SSSR count). The second-order valence-electron chi connectivity index (χ2n) is 4.62. The van der Waals surface area contributed by atoms with Gasteiger partial charge in [0.2, 0.25) is 0 Å². The van der Waals surface area contributed by atoms with Crippen LogP contribution in [0, 0.1) is 6.92 Å². The van der Waals surface area contributed by atoms with Crippen molar-refractivity contribution in [3.05, 3.63) is 53.6 Å². The molecule has 1 aromatic heterocycles. The fraction of sp³-hybridized carbons (Fsp3) is 0.333. The van der Waals surface area contributed by atoms with Crippen LogP contribution < -0.4 is 5.32 Å². The Bertz CT molecular complexity index is 598. The second kappa shape index (κ2) is 7.41. The van der Waals surface area contributed by atoms with Crippen LogP contribution in [-0.2, 0) is 0 Å². The zero-order valence-electron chi connectivity index (χ0n) is 11.3. The Kier molecular flexibility index (Phi) is 6.11. The predicted octanol–water partition coefficient (Wildman–Crippen LogP) is 6.32. The molecular weight excluding hydrogens is 422 g/mol. The zero-order chi connectivity index (χ0) is 14.7. The lowest BCUT2D eigenvalue weighted by Crippen LogP contribution is -2.23. The third kappa shape index (κ3) is 3.86. The lowest BCUT2D eigenvalue weighted by molar-refractivity contribution is 0.596. The van der Waals surface area contributed by atoms with Crippen LogP contribution in [0.15, 0.2) is 32.5 Å². The van der Waals surface area contributed by atoms with E-state index in [1.54, 1.807) is 11.3 Å². The first-order valence-electron chi connectivity index (χ1n) is 6.47. The van der Waals surface area contributed by atoms with Crippen molar-refractivity contribution in [2.24, 2.45) is 0 Å². The smallest absolute Gasteiger partial charge is 0.0704 e. The SMILES string of the molecule is CCCNC(c1ccc(Cl)cc1Br)c1cc(Br)sc1C. The second-order valence-corrected chi connectivity index (χ2v) is 8.54. The Balaban J connectivity index is 2.44. The number of rotatable bonds is 5. The summed E-state index contributed by atoms with van der Waals surface area (Å²) in [5, 5.41) is 4.38. The molecule has 2 aromatic rings. The molecule has 1 nitrogen and oxygen atoms in total. The standard InChI is InChI=1S/C15H16Br2ClNS/c1-3-6-19-15(12-8-14(17)20-9(12)2)11-5-4-10(18)7-13(11)16/h4-5,7-8,15,19H,3,6H2,1-2H3. The molecule has 1 heterocycles. The van der Waals surface area contributed by atoms with Crippen LogP contribution in [0.5, 0.6) is 0 Å². The van der Waals surface area contributed by atoms with Gasteiger partial charge in [0.05, 0.1) is 9.83 Å². The van der Waals surface area contributed by atoms with Crippen LogP contribution in [0.2, 0.25) is 5.02 Å². The molecule has 20 heavy (non-hydrogen) atoms. The molecular formula is C15H16Br2ClNS. The van der Waals surface area contributed by atoms with Crippen molar-refractivity contribution in [1.29, 1.82) is 0 Å². The van der Waals surface area contributed by atoms with Gasteiger partial charge in [-0.05, 0) is 65.1 Å². The molecule has 0 bridgehead atoms. The van der Waals surface area contributed by atoms with E-state index >= 15 is 0 Å². The van der Waals surface area contributed by atoms with E-state index in [0.29, 0.717) is 0 Å². The van der Waals surface area contributed by atoms with Gasteiger partial charge in [0.1, 0.15) is 0 Å². The van der Waals surface area contributed by atoms with E-state index in [9.17, 15) is 0 Å². The van der Waals surface area contributed by atoms with Gasteiger partial charge in [0, 0.05) is 14.4 Å². The quantitative estimate of drug-likeness (QED) is 0.577. The zero-order valence-corrected chi connectivity index (χ0v) is 16.1. The topological polar surface area (TPSA) is 12.0 Å². The Labute approximate surface area is 146 Å². The maximum absolute atomic E-state index is 6.05. The van der Waals surface area contributed by atoms with Crippen molar-refractivity contribution >= 4 is 54.8 Å². The number of hydrogen-bond donors (Lipinski definition) is 1. The van der Waals surface area contributed by atoms with Gasteiger partial charge in [-0.1, -0.05) is 40.5 Å². The molecule has 1 aromatic carbocycles. The molecule has 5 heteroatoms. The molecule has 0 spiro atoms. The number of benzene rings is 1. The summed E-state index contributed by atoms with van der Waals surface area (Å²) < 4.78 is 2.21. The first kappa shape index (κ1) is 16.5. The van der Waals surface area contributed by atoms with Crippen LogP contribution in [0.4, 0.5) is 0 Å². The third-order valence-electron chi connectivity index (χ3n) is 3.11. The summed E-state index contributed by atoms with van der Waals surface area (Å²) in [6.07, 6.45) is 1.10. The van der Waals surface area contributed by atoms with Crippen molar-refractivity contribution in [1.82, 2.24) is 5.32 Å². The van der Waals surface area contributed by atoms with Crippen molar-refractivity contribution in [3.63, 3.8) is 0 Å². The van der Waals surface area contributed by atoms with Gasteiger partial charge in [0.25, 0.3) is 0 Å². The van der Waals surface area contributed by atoms with E-state index in [2.05, 4.69) is 63.2 Å². The molecule has 0 aliphatic carbocycles. The van der Waals surface area contributed by atoms with Crippen LogP contribution in [-0.4, -0.2) is 6.54 Å². The Hall–Kier alpha value is 0.130. The maximum Gasteiger partial charge on any atom is 0.0704 e. The van der Waals surface area contributed by atoms with Crippen LogP contribution in [0.3, 0.4) is 0 Å². The predicted molar refractivity (Wildman–Crippen MR) is 96.0 cm³/mol. The molecule has 0 fully saturated rings. The van der Waals surface area contributed by atoms with Gasteiger partial charge in [-0.25, -0.2) is 0 Å². The molecule has 0 saturated carbocycles. The van der Waals surface area contributed by atoms with Gasteiger partial charge < -0.3 is 5.32 Å².